The summed E-state index contributed by atoms with van der Waals surface area (Å²) in [5.41, 5.74) is -0.713. The first-order valence-electron chi connectivity index (χ1n) is 11.9. The van der Waals surface area contributed by atoms with Crippen molar-refractivity contribution in [3.8, 4) is 0 Å². The molecule has 2 N–H and O–H groups in total. The zero-order chi connectivity index (χ0) is 29.1. The van der Waals surface area contributed by atoms with Crippen molar-refractivity contribution in [1.82, 2.24) is 14.5 Å². The van der Waals surface area contributed by atoms with Gasteiger partial charge in [-0.05, 0) is 35.2 Å². The number of carboxylic acids is 1. The molecule has 2 aromatic rings. The van der Waals surface area contributed by atoms with Crippen molar-refractivity contribution in [2.75, 3.05) is 13.1 Å². The maximum Gasteiger partial charge on any atom is 0.305 e. The Morgan fingerprint density at radius 2 is 1.79 bits per heavy atom. The first-order chi connectivity index (χ1) is 18.1. The highest BCUT2D eigenvalue weighted by Crippen LogP contribution is 2.29. The number of rotatable bonds is 9. The molecule has 0 aliphatic carbocycles. The van der Waals surface area contributed by atoms with Gasteiger partial charge in [-0.3, -0.25) is 24.5 Å². The largest absolute Gasteiger partial charge is 0.481 e. The fraction of sp³-hybridized carbons (Fsp3) is 0.400. The van der Waals surface area contributed by atoms with Crippen molar-refractivity contribution in [1.29, 1.82) is 0 Å². The lowest BCUT2D eigenvalue weighted by molar-refractivity contribution is -0.384. The number of nitrogens with zero attached hydrogens (tertiary/aromatic N) is 3. The van der Waals surface area contributed by atoms with Crippen LogP contribution in [-0.2, 0) is 24.4 Å². The molecule has 210 valence electrons. The number of carbonyl (C=O) groups is 3. The van der Waals surface area contributed by atoms with Gasteiger partial charge in [-0.1, -0.05) is 32.9 Å². The Morgan fingerprint density at radius 3 is 2.36 bits per heavy atom. The summed E-state index contributed by atoms with van der Waals surface area (Å²) in [4.78, 5) is 49.8. The molecule has 0 bridgehead atoms. The molecule has 1 aliphatic heterocycles. The van der Waals surface area contributed by atoms with Crippen molar-refractivity contribution in [3.63, 3.8) is 0 Å². The number of sulfonamides is 1. The molecule has 0 radical (unpaired) electrons. The highest BCUT2D eigenvalue weighted by molar-refractivity contribution is 7.89. The van der Waals surface area contributed by atoms with Crippen LogP contribution in [-0.4, -0.2) is 64.7 Å². The average molecular weight is 565 g/mol. The molecule has 1 fully saturated rings. The van der Waals surface area contributed by atoms with Crippen molar-refractivity contribution in [2.24, 2.45) is 5.41 Å². The molecule has 2 amide bonds. The summed E-state index contributed by atoms with van der Waals surface area (Å²) >= 11 is 0. The van der Waals surface area contributed by atoms with E-state index in [1.807, 2.05) is 0 Å². The fourth-order valence-electron chi connectivity index (χ4n) is 4.22. The Kier molecular flexibility index (Phi) is 8.70. The van der Waals surface area contributed by atoms with E-state index in [2.05, 4.69) is 5.32 Å². The topological polar surface area (TPSA) is 167 Å². The number of nitro benzene ring substituents is 1. The molecule has 1 aliphatic rings. The monoisotopic (exact) mass is 564 g/mol. The van der Waals surface area contributed by atoms with E-state index in [1.54, 1.807) is 20.8 Å². The Hall–Kier alpha value is -3.91. The van der Waals surface area contributed by atoms with Crippen LogP contribution in [0.3, 0.4) is 0 Å². The first kappa shape index (κ1) is 29.6. The number of aliphatic carboxylic acids is 1. The Balaban J connectivity index is 2.02. The van der Waals surface area contributed by atoms with Crippen LogP contribution < -0.4 is 5.32 Å². The van der Waals surface area contributed by atoms with E-state index in [4.69, 9.17) is 0 Å². The van der Waals surface area contributed by atoms with Gasteiger partial charge in [0.05, 0.1) is 22.3 Å². The molecule has 0 aromatic heterocycles. The first-order valence-corrected chi connectivity index (χ1v) is 13.4. The number of hydrogen-bond donors (Lipinski definition) is 2. The van der Waals surface area contributed by atoms with Crippen LogP contribution >= 0.6 is 0 Å². The second-order valence-corrected chi connectivity index (χ2v) is 12.2. The van der Waals surface area contributed by atoms with Gasteiger partial charge >= 0.3 is 5.97 Å². The third-order valence-electron chi connectivity index (χ3n) is 5.96. The highest BCUT2D eigenvalue weighted by atomic mass is 32.2. The van der Waals surface area contributed by atoms with Crippen LogP contribution in [0.2, 0.25) is 0 Å². The van der Waals surface area contributed by atoms with Crippen LogP contribution in [0.1, 0.15) is 45.2 Å². The summed E-state index contributed by atoms with van der Waals surface area (Å²) < 4.78 is 41.2. The van der Waals surface area contributed by atoms with Crippen LogP contribution in [0.4, 0.5) is 10.1 Å². The van der Waals surface area contributed by atoms with Crippen LogP contribution in [0.15, 0.2) is 53.4 Å². The van der Waals surface area contributed by atoms with Gasteiger partial charge in [0.25, 0.3) is 11.6 Å². The number of non-ortho nitro benzene ring substituents is 1. The van der Waals surface area contributed by atoms with E-state index in [0.717, 1.165) is 39.5 Å². The number of benzene rings is 2. The lowest BCUT2D eigenvalue weighted by Gasteiger charge is -2.31. The van der Waals surface area contributed by atoms with Crippen LogP contribution in [0, 0.1) is 21.3 Å². The van der Waals surface area contributed by atoms with Crippen molar-refractivity contribution in [2.45, 2.75) is 50.7 Å². The van der Waals surface area contributed by atoms with E-state index in [0.29, 0.717) is 0 Å². The lowest BCUT2D eigenvalue weighted by Crippen LogP contribution is -2.54. The molecule has 0 saturated carbocycles. The summed E-state index contributed by atoms with van der Waals surface area (Å²) in [5.74, 6) is -3.47. The highest BCUT2D eigenvalue weighted by Gasteiger charge is 2.47. The molecular formula is C25H29FN4O8S. The molecule has 2 atom stereocenters. The van der Waals surface area contributed by atoms with Gasteiger partial charge < -0.3 is 15.3 Å². The molecule has 1 heterocycles. The standard InChI is InChI=1S/C25H29FN4O8S/c1-25(2,3)15-21(31)28-11-12-29(39(37,38)19-9-7-17(26)8-10-19)24(28)23(34)27-20(14-22(32)33)16-5-4-6-18(13-16)30(35)36/h4-10,13,20,24H,11-12,14-15H2,1-3H3,(H,27,34)(H,32,33). The van der Waals surface area contributed by atoms with Crippen molar-refractivity contribution < 1.29 is 37.2 Å². The summed E-state index contributed by atoms with van der Waals surface area (Å²) in [6, 6.07) is 7.73. The summed E-state index contributed by atoms with van der Waals surface area (Å²) in [6.45, 7) is 5.04. The van der Waals surface area contributed by atoms with E-state index < -0.39 is 62.6 Å². The number of nitro groups is 1. The fourth-order valence-corrected chi connectivity index (χ4v) is 5.76. The van der Waals surface area contributed by atoms with E-state index in [9.17, 15) is 42.4 Å². The molecule has 2 unspecified atom stereocenters. The minimum atomic E-state index is -4.39. The van der Waals surface area contributed by atoms with Gasteiger partial charge in [0.15, 0.2) is 6.17 Å². The predicted molar refractivity (Wildman–Crippen MR) is 136 cm³/mol. The molecule has 3 rings (SSSR count). The van der Waals surface area contributed by atoms with Crippen LogP contribution in [0.25, 0.3) is 0 Å². The predicted octanol–water partition coefficient (Wildman–Crippen LogP) is 2.66. The van der Waals surface area contributed by atoms with Gasteiger partial charge in [-0.25, -0.2) is 12.8 Å². The lowest BCUT2D eigenvalue weighted by atomic mass is 9.91. The molecule has 0 spiro atoms. The SMILES string of the molecule is CC(C)(C)CC(=O)N1CCN(S(=O)(=O)c2ccc(F)cc2)C1C(=O)NC(CC(=O)O)c1cccc([N+](=O)[O-])c1. The minimum Gasteiger partial charge on any atom is -0.481 e. The number of nitrogens with one attached hydrogen (secondary N) is 1. The molecule has 2 aromatic carbocycles. The van der Waals surface area contributed by atoms with Gasteiger partial charge in [0, 0.05) is 31.6 Å². The third-order valence-corrected chi connectivity index (χ3v) is 7.83. The second-order valence-electron chi connectivity index (χ2n) is 10.3. The summed E-state index contributed by atoms with van der Waals surface area (Å²) in [5, 5.41) is 23.1. The van der Waals surface area contributed by atoms with Gasteiger partial charge in [-0.15, -0.1) is 0 Å². The molecular weight excluding hydrogens is 535 g/mol. The molecule has 12 nitrogen and oxygen atoms in total. The maximum atomic E-state index is 13.7. The van der Waals surface area contributed by atoms with Gasteiger partial charge in [0.1, 0.15) is 5.82 Å². The van der Waals surface area contributed by atoms with E-state index in [1.165, 1.54) is 18.2 Å². The maximum absolute atomic E-state index is 13.7. The van der Waals surface area contributed by atoms with E-state index in [-0.39, 0.29) is 35.7 Å². The zero-order valence-corrected chi connectivity index (χ0v) is 22.4. The Morgan fingerprint density at radius 1 is 1.15 bits per heavy atom. The number of hydrogen-bond acceptors (Lipinski definition) is 7. The smallest absolute Gasteiger partial charge is 0.305 e. The molecule has 1 saturated heterocycles. The van der Waals surface area contributed by atoms with Gasteiger partial charge in [0.2, 0.25) is 15.9 Å². The normalized spacial score (nSPS) is 17.0. The second kappa shape index (κ2) is 11.5. The van der Waals surface area contributed by atoms with Crippen LogP contribution in [0.5, 0.6) is 0 Å². The summed E-state index contributed by atoms with van der Waals surface area (Å²) in [7, 11) is -4.39. The summed E-state index contributed by atoms with van der Waals surface area (Å²) in [6.07, 6.45) is -2.35. The molecule has 39 heavy (non-hydrogen) atoms. The average Bonchev–Trinajstić information content (AvgIpc) is 3.29. The van der Waals surface area contributed by atoms with Gasteiger partial charge in [-0.2, -0.15) is 4.31 Å². The number of carbonyl (C=O) groups excluding carboxylic acids is 2. The van der Waals surface area contributed by atoms with Crippen molar-refractivity contribution >= 4 is 33.5 Å². The molecule has 14 heteroatoms. The zero-order valence-electron chi connectivity index (χ0n) is 21.5. The number of halogens is 1. The third kappa shape index (κ3) is 7.15. The van der Waals surface area contributed by atoms with Crippen molar-refractivity contribution in [3.05, 3.63) is 70.0 Å². The Bertz CT molecular complexity index is 1380. The number of amides is 2. The van der Waals surface area contributed by atoms with E-state index >= 15 is 0 Å². The quantitative estimate of drug-likeness (QED) is 0.346. The minimum absolute atomic E-state index is 0.00928. The number of carboxylic acid groups (broad SMARTS) is 1. The Labute approximate surface area is 224 Å².